The summed E-state index contributed by atoms with van der Waals surface area (Å²) in [6, 6.07) is 19.5. The second-order valence-corrected chi connectivity index (χ2v) is 6.74. The lowest BCUT2D eigenvalue weighted by Gasteiger charge is -2.12. The van der Waals surface area contributed by atoms with Crippen molar-refractivity contribution in [1.29, 1.82) is 5.26 Å². The molecule has 0 spiro atoms. The number of phenolic OH excluding ortho intramolecular Hbond substituents is 1. The molecule has 0 saturated carbocycles. The molecule has 0 aliphatic carbocycles. The first-order valence-electron chi connectivity index (χ1n) is 9.24. The Morgan fingerprint density at radius 2 is 1.77 bits per heavy atom. The van der Waals surface area contributed by atoms with Crippen molar-refractivity contribution in [3.05, 3.63) is 99.6 Å². The third kappa shape index (κ3) is 3.91. The van der Waals surface area contributed by atoms with Gasteiger partial charge in [-0.1, -0.05) is 30.3 Å². The van der Waals surface area contributed by atoms with E-state index in [0.29, 0.717) is 16.5 Å². The fraction of sp³-hybridized carbons (Fsp3) is 0. The minimum absolute atomic E-state index is 0.155. The van der Waals surface area contributed by atoms with Crippen LogP contribution in [0.15, 0.2) is 71.5 Å². The van der Waals surface area contributed by atoms with E-state index in [-0.39, 0.29) is 22.8 Å². The largest absolute Gasteiger partial charge is 0.508 e. The van der Waals surface area contributed by atoms with Gasteiger partial charge in [-0.3, -0.25) is 9.36 Å². The van der Waals surface area contributed by atoms with Crippen molar-refractivity contribution >= 4 is 29.0 Å². The van der Waals surface area contributed by atoms with Crippen LogP contribution < -0.4 is 5.56 Å². The molecule has 1 heterocycles. The van der Waals surface area contributed by atoms with Crippen molar-refractivity contribution in [3.63, 3.8) is 0 Å². The Balaban J connectivity index is 1.94. The van der Waals surface area contributed by atoms with Crippen LogP contribution in [0.1, 0.15) is 27.3 Å². The Hall–Kier alpha value is -4.70. The number of para-hydroxylation sites is 1. The molecule has 7 nitrogen and oxygen atoms in total. The van der Waals surface area contributed by atoms with Crippen LogP contribution in [0, 0.1) is 11.3 Å². The smallest absolute Gasteiger partial charge is 0.335 e. The molecule has 0 saturated heterocycles. The summed E-state index contributed by atoms with van der Waals surface area (Å²) in [5.74, 6) is -1.25. The number of hydrogen-bond acceptors (Lipinski definition) is 5. The minimum Gasteiger partial charge on any atom is -0.508 e. The van der Waals surface area contributed by atoms with E-state index in [0.717, 1.165) is 11.6 Å². The molecule has 0 unspecified atom stereocenters. The summed E-state index contributed by atoms with van der Waals surface area (Å²) in [7, 11) is 0. The first-order chi connectivity index (χ1) is 15.0. The van der Waals surface area contributed by atoms with Gasteiger partial charge >= 0.3 is 5.97 Å². The summed E-state index contributed by atoms with van der Waals surface area (Å²) < 4.78 is 1.26. The number of benzene rings is 3. The van der Waals surface area contributed by atoms with Crippen molar-refractivity contribution in [2.45, 2.75) is 0 Å². The van der Waals surface area contributed by atoms with Crippen LogP contribution in [0.25, 0.3) is 28.7 Å². The molecule has 0 fully saturated rings. The number of nitriles is 1. The van der Waals surface area contributed by atoms with Crippen LogP contribution >= 0.6 is 0 Å². The highest BCUT2D eigenvalue weighted by Crippen LogP contribution is 2.21. The number of fused-ring (bicyclic) bond motifs is 1. The Kier molecular flexibility index (Phi) is 5.04. The van der Waals surface area contributed by atoms with Crippen LogP contribution in [0.3, 0.4) is 0 Å². The molecule has 1 aromatic heterocycles. The highest BCUT2D eigenvalue weighted by atomic mass is 16.4. The van der Waals surface area contributed by atoms with Gasteiger partial charge in [-0.2, -0.15) is 5.26 Å². The van der Waals surface area contributed by atoms with E-state index in [4.69, 9.17) is 5.26 Å². The molecule has 3 aromatic carbocycles. The maximum absolute atomic E-state index is 13.3. The fourth-order valence-electron chi connectivity index (χ4n) is 3.20. The standard InChI is InChI=1S/C24H15N3O4/c25-14-16-7-5-15(6-8-16)9-10-22-26-21-4-2-1-3-20(21)23(29)27(22)18-11-17(24(30)31)12-19(28)13-18/h1-13,28H,(H,30,31)/b10-9+. The lowest BCUT2D eigenvalue weighted by atomic mass is 10.1. The molecule has 0 amide bonds. The molecule has 4 rings (SSSR count). The average molecular weight is 409 g/mol. The molecule has 31 heavy (non-hydrogen) atoms. The number of carboxylic acid groups (broad SMARTS) is 1. The van der Waals surface area contributed by atoms with Gasteiger partial charge in [0.15, 0.2) is 0 Å². The number of carboxylic acids is 1. The third-order valence-corrected chi connectivity index (χ3v) is 4.67. The van der Waals surface area contributed by atoms with E-state index < -0.39 is 11.5 Å². The Bertz CT molecular complexity index is 1440. The van der Waals surface area contributed by atoms with E-state index in [1.54, 1.807) is 60.7 Å². The lowest BCUT2D eigenvalue weighted by molar-refractivity contribution is 0.0696. The van der Waals surface area contributed by atoms with Gasteiger partial charge in [0.05, 0.1) is 33.8 Å². The van der Waals surface area contributed by atoms with Crippen molar-refractivity contribution in [2.24, 2.45) is 0 Å². The quantitative estimate of drug-likeness (QED) is 0.529. The molecule has 0 atom stereocenters. The Labute approximate surface area is 176 Å². The SMILES string of the molecule is N#Cc1ccc(/C=C/c2nc3ccccc3c(=O)n2-c2cc(O)cc(C(=O)O)c2)cc1. The number of aromatic nitrogens is 2. The number of aromatic carboxylic acids is 1. The van der Waals surface area contributed by atoms with Gasteiger partial charge in [-0.05, 0) is 48.0 Å². The maximum atomic E-state index is 13.3. The van der Waals surface area contributed by atoms with E-state index >= 15 is 0 Å². The highest BCUT2D eigenvalue weighted by Gasteiger charge is 2.14. The van der Waals surface area contributed by atoms with Crippen molar-refractivity contribution in [3.8, 4) is 17.5 Å². The van der Waals surface area contributed by atoms with Crippen LogP contribution in [0.5, 0.6) is 5.75 Å². The second kappa shape index (κ2) is 7.97. The summed E-state index contributed by atoms with van der Waals surface area (Å²) in [6.45, 7) is 0. The number of aromatic hydroxyl groups is 1. The zero-order chi connectivity index (χ0) is 22.0. The zero-order valence-corrected chi connectivity index (χ0v) is 16.1. The van der Waals surface area contributed by atoms with Crippen molar-refractivity contribution in [1.82, 2.24) is 9.55 Å². The molecule has 0 radical (unpaired) electrons. The molecule has 0 aliphatic heterocycles. The van der Waals surface area contributed by atoms with E-state index in [1.807, 2.05) is 0 Å². The maximum Gasteiger partial charge on any atom is 0.335 e. The third-order valence-electron chi connectivity index (χ3n) is 4.67. The Morgan fingerprint density at radius 3 is 2.48 bits per heavy atom. The molecule has 150 valence electrons. The van der Waals surface area contributed by atoms with Crippen LogP contribution in [-0.2, 0) is 0 Å². The minimum atomic E-state index is -1.23. The molecule has 7 heteroatoms. The summed E-state index contributed by atoms with van der Waals surface area (Å²) in [4.78, 5) is 29.3. The van der Waals surface area contributed by atoms with Gasteiger partial charge in [0.1, 0.15) is 11.6 Å². The zero-order valence-electron chi connectivity index (χ0n) is 16.1. The van der Waals surface area contributed by atoms with Crippen molar-refractivity contribution < 1.29 is 15.0 Å². The normalized spacial score (nSPS) is 10.9. The average Bonchev–Trinajstić information content (AvgIpc) is 2.77. The summed E-state index contributed by atoms with van der Waals surface area (Å²) in [6.07, 6.45) is 3.36. The van der Waals surface area contributed by atoms with Crippen molar-refractivity contribution in [2.75, 3.05) is 0 Å². The molecular weight excluding hydrogens is 394 g/mol. The summed E-state index contributed by atoms with van der Waals surface area (Å²) in [5, 5.41) is 28.6. The monoisotopic (exact) mass is 409 g/mol. The predicted molar refractivity (Wildman–Crippen MR) is 116 cm³/mol. The Morgan fingerprint density at radius 1 is 1.03 bits per heavy atom. The molecular formula is C24H15N3O4. The first-order valence-corrected chi connectivity index (χ1v) is 9.24. The van der Waals surface area contributed by atoms with E-state index in [1.165, 1.54) is 16.7 Å². The summed E-state index contributed by atoms with van der Waals surface area (Å²) in [5.41, 5.74) is 1.43. The van der Waals surface area contributed by atoms with E-state index in [9.17, 15) is 19.8 Å². The molecule has 0 bridgehead atoms. The number of carbonyl (C=O) groups is 1. The molecule has 0 aliphatic rings. The summed E-state index contributed by atoms with van der Waals surface area (Å²) >= 11 is 0. The van der Waals surface area contributed by atoms with Gasteiger partial charge in [-0.25, -0.2) is 9.78 Å². The van der Waals surface area contributed by atoms with Gasteiger partial charge in [0, 0.05) is 6.07 Å². The highest BCUT2D eigenvalue weighted by molar-refractivity contribution is 5.89. The topological polar surface area (TPSA) is 116 Å². The fourth-order valence-corrected chi connectivity index (χ4v) is 3.20. The second-order valence-electron chi connectivity index (χ2n) is 6.74. The van der Waals surface area contributed by atoms with Gasteiger partial charge in [0.25, 0.3) is 5.56 Å². The van der Waals surface area contributed by atoms with Gasteiger partial charge in [-0.15, -0.1) is 0 Å². The van der Waals surface area contributed by atoms with E-state index in [2.05, 4.69) is 11.1 Å². The predicted octanol–water partition coefficient (Wildman–Crippen LogP) is 3.83. The first kappa shape index (κ1) is 19.6. The number of rotatable bonds is 4. The van der Waals surface area contributed by atoms with Gasteiger partial charge < -0.3 is 10.2 Å². The lowest BCUT2D eigenvalue weighted by Crippen LogP contribution is -2.22. The van der Waals surface area contributed by atoms with Gasteiger partial charge in [0.2, 0.25) is 0 Å². The number of hydrogen-bond donors (Lipinski definition) is 2. The number of phenols is 1. The van der Waals surface area contributed by atoms with Crippen LogP contribution in [-0.4, -0.2) is 25.7 Å². The molecule has 4 aromatic rings. The van der Waals surface area contributed by atoms with Crippen LogP contribution in [0.4, 0.5) is 0 Å². The number of nitrogens with zero attached hydrogens (tertiary/aromatic N) is 3. The molecule has 2 N–H and O–H groups in total. The van der Waals surface area contributed by atoms with Crippen LogP contribution in [0.2, 0.25) is 0 Å².